The quantitative estimate of drug-likeness (QED) is 0.524. The van der Waals surface area contributed by atoms with Gasteiger partial charge in [0.25, 0.3) is 11.4 Å². The van der Waals surface area contributed by atoms with Gasteiger partial charge in [0, 0.05) is 30.2 Å². The second-order valence-electron chi connectivity index (χ2n) is 5.72. The Morgan fingerprint density at radius 1 is 1.04 bits per heavy atom. The number of carbonyl (C=O) groups excluding carboxylic acids is 2. The van der Waals surface area contributed by atoms with Crippen LogP contribution in [0.15, 0.2) is 48.5 Å². The molecule has 0 aromatic heterocycles. The number of rotatable bonds is 8. The van der Waals surface area contributed by atoms with Gasteiger partial charge in [-0.15, -0.1) is 0 Å². The second-order valence-corrected chi connectivity index (χ2v) is 5.72. The topological polar surface area (TPSA) is 158 Å². The molecule has 10 nitrogen and oxygen atoms in total. The maximum Gasteiger partial charge on any atom is 0.272 e. The monoisotopic (exact) mass is 372 g/mol. The third kappa shape index (κ3) is 5.33. The molecular weight excluding hydrogens is 356 g/mol. The van der Waals surface area contributed by atoms with E-state index in [2.05, 4.69) is 5.32 Å². The number of hydrogen-bond donors (Lipinski definition) is 2. The number of non-ortho nitro benzene ring substituents is 1. The molecule has 0 unspecified atom stereocenters. The molecule has 0 aliphatic carbocycles. The summed E-state index contributed by atoms with van der Waals surface area (Å²) >= 11 is 0. The largest absolute Gasteiger partial charge is 0.368 e. The molecule has 2 aromatic carbocycles. The number of nitrogens with one attached hydrogen (secondary N) is 1. The molecule has 0 saturated heterocycles. The van der Waals surface area contributed by atoms with Gasteiger partial charge in [0.15, 0.2) is 0 Å². The van der Waals surface area contributed by atoms with E-state index in [0.717, 1.165) is 0 Å². The van der Waals surface area contributed by atoms with Crippen molar-refractivity contribution in [2.24, 2.45) is 5.73 Å². The normalized spacial score (nSPS) is 11.4. The van der Waals surface area contributed by atoms with Gasteiger partial charge in [-0.1, -0.05) is 30.3 Å². The lowest BCUT2D eigenvalue weighted by molar-refractivity contribution is -0.385. The Morgan fingerprint density at radius 2 is 1.74 bits per heavy atom. The highest BCUT2D eigenvalue weighted by molar-refractivity contribution is 5.87. The fourth-order valence-corrected chi connectivity index (χ4v) is 2.51. The third-order valence-electron chi connectivity index (χ3n) is 3.78. The van der Waals surface area contributed by atoms with Crippen LogP contribution in [0.3, 0.4) is 0 Å². The van der Waals surface area contributed by atoms with Crippen LogP contribution in [0.5, 0.6) is 0 Å². The zero-order valence-electron chi connectivity index (χ0n) is 14.0. The SMILES string of the molecule is NC(=O)[C@@H](Cc1ccccc1[N+](=O)[O-])NC(=O)Cc1cccc([N+](=O)[O-])c1. The molecule has 3 N–H and O–H groups in total. The van der Waals surface area contributed by atoms with Crippen LogP contribution in [0.25, 0.3) is 0 Å². The number of nitrogens with two attached hydrogens (primary N) is 1. The van der Waals surface area contributed by atoms with E-state index in [-0.39, 0.29) is 29.8 Å². The summed E-state index contributed by atoms with van der Waals surface area (Å²) in [5.74, 6) is -1.43. The Balaban J connectivity index is 2.11. The Bertz CT molecular complexity index is 898. The summed E-state index contributed by atoms with van der Waals surface area (Å²) in [6.07, 6.45) is -0.352. The fraction of sp³-hybridized carbons (Fsp3) is 0.176. The lowest BCUT2D eigenvalue weighted by Gasteiger charge is -2.15. The lowest BCUT2D eigenvalue weighted by Crippen LogP contribution is -2.46. The molecule has 0 radical (unpaired) electrons. The molecule has 0 spiro atoms. The van der Waals surface area contributed by atoms with Crippen LogP contribution in [-0.2, 0) is 22.4 Å². The number of para-hydroxylation sites is 1. The van der Waals surface area contributed by atoms with Crippen molar-refractivity contribution >= 4 is 23.2 Å². The van der Waals surface area contributed by atoms with Crippen molar-refractivity contribution < 1.29 is 19.4 Å². The number of nitro groups is 2. The first-order chi connectivity index (χ1) is 12.8. The number of nitrogens with zero attached hydrogens (tertiary/aromatic N) is 2. The van der Waals surface area contributed by atoms with E-state index in [1.54, 1.807) is 6.07 Å². The van der Waals surface area contributed by atoms with Gasteiger partial charge in [-0.2, -0.15) is 0 Å². The smallest absolute Gasteiger partial charge is 0.272 e. The number of primary amides is 1. The second kappa shape index (κ2) is 8.52. The summed E-state index contributed by atoms with van der Waals surface area (Å²) in [5.41, 5.74) is 5.60. The molecule has 140 valence electrons. The number of hydrogen-bond acceptors (Lipinski definition) is 6. The minimum absolute atomic E-state index is 0.146. The number of nitro benzene ring substituents is 2. The van der Waals surface area contributed by atoms with Crippen LogP contribution >= 0.6 is 0 Å². The summed E-state index contributed by atoms with van der Waals surface area (Å²) in [6.45, 7) is 0. The van der Waals surface area contributed by atoms with Crippen LogP contribution in [0, 0.1) is 20.2 Å². The van der Waals surface area contributed by atoms with Gasteiger partial charge in [0.1, 0.15) is 6.04 Å². The van der Waals surface area contributed by atoms with Gasteiger partial charge in [-0.3, -0.25) is 29.8 Å². The van der Waals surface area contributed by atoms with Gasteiger partial charge < -0.3 is 11.1 Å². The van der Waals surface area contributed by atoms with Crippen molar-refractivity contribution in [3.05, 3.63) is 79.9 Å². The molecule has 0 aliphatic rings. The Hall–Kier alpha value is -3.82. The Kier molecular flexibility index (Phi) is 6.15. The lowest BCUT2D eigenvalue weighted by atomic mass is 10.0. The summed E-state index contributed by atoms with van der Waals surface area (Å²) < 4.78 is 0. The van der Waals surface area contributed by atoms with Crippen LogP contribution < -0.4 is 11.1 Å². The minimum atomic E-state index is -1.16. The highest BCUT2D eigenvalue weighted by atomic mass is 16.6. The van der Waals surface area contributed by atoms with Crippen LogP contribution in [0.2, 0.25) is 0 Å². The highest BCUT2D eigenvalue weighted by Gasteiger charge is 2.23. The van der Waals surface area contributed by atoms with Crippen molar-refractivity contribution in [3.63, 3.8) is 0 Å². The molecule has 2 rings (SSSR count). The van der Waals surface area contributed by atoms with E-state index in [0.29, 0.717) is 5.56 Å². The summed E-state index contributed by atoms with van der Waals surface area (Å²) in [6, 6.07) is 10.2. The van der Waals surface area contributed by atoms with Crippen LogP contribution in [-0.4, -0.2) is 27.7 Å². The number of benzene rings is 2. The maximum absolute atomic E-state index is 12.2. The molecule has 0 fully saturated rings. The fourth-order valence-electron chi connectivity index (χ4n) is 2.51. The number of amides is 2. The first-order valence-corrected chi connectivity index (χ1v) is 7.82. The van der Waals surface area contributed by atoms with Gasteiger partial charge in [-0.05, 0) is 5.56 Å². The van der Waals surface area contributed by atoms with E-state index in [1.807, 2.05) is 0 Å². The van der Waals surface area contributed by atoms with Crippen molar-refractivity contribution in [2.75, 3.05) is 0 Å². The molecule has 2 amide bonds. The van der Waals surface area contributed by atoms with Crippen molar-refractivity contribution in [1.29, 1.82) is 0 Å². The zero-order valence-corrected chi connectivity index (χ0v) is 14.0. The molecule has 1 atom stereocenters. The molecule has 0 saturated carbocycles. The molecule has 0 heterocycles. The molecule has 0 bridgehead atoms. The highest BCUT2D eigenvalue weighted by Crippen LogP contribution is 2.19. The summed E-state index contributed by atoms with van der Waals surface area (Å²) in [5, 5.41) is 24.3. The molecule has 2 aromatic rings. The Labute approximate surface area is 153 Å². The predicted molar refractivity (Wildman–Crippen MR) is 94.7 cm³/mol. The summed E-state index contributed by atoms with van der Waals surface area (Å²) in [7, 11) is 0. The minimum Gasteiger partial charge on any atom is -0.368 e. The van der Waals surface area contributed by atoms with Crippen molar-refractivity contribution in [3.8, 4) is 0 Å². The molecular formula is C17H16N4O6. The van der Waals surface area contributed by atoms with Gasteiger partial charge in [0.2, 0.25) is 11.8 Å². The molecule has 0 aliphatic heterocycles. The van der Waals surface area contributed by atoms with E-state index >= 15 is 0 Å². The predicted octanol–water partition coefficient (Wildman–Crippen LogP) is 1.26. The van der Waals surface area contributed by atoms with E-state index in [1.165, 1.54) is 42.5 Å². The van der Waals surface area contributed by atoms with Crippen molar-refractivity contribution in [1.82, 2.24) is 5.32 Å². The zero-order chi connectivity index (χ0) is 20.0. The maximum atomic E-state index is 12.2. The summed E-state index contributed by atoms with van der Waals surface area (Å²) in [4.78, 5) is 44.5. The standard InChI is InChI=1S/C17H16N4O6/c18-17(23)14(10-12-5-1-2-7-15(12)21(26)27)19-16(22)9-11-4-3-6-13(8-11)20(24)25/h1-8,14H,9-10H2,(H2,18,23)(H,19,22)/t14-/m1/s1. The van der Waals surface area contributed by atoms with Crippen LogP contribution in [0.1, 0.15) is 11.1 Å². The third-order valence-corrected chi connectivity index (χ3v) is 3.78. The molecule has 10 heteroatoms. The first kappa shape index (κ1) is 19.5. The number of carbonyl (C=O) groups is 2. The van der Waals surface area contributed by atoms with Gasteiger partial charge in [-0.25, -0.2) is 0 Å². The van der Waals surface area contributed by atoms with Gasteiger partial charge in [0.05, 0.1) is 16.3 Å². The van der Waals surface area contributed by atoms with Crippen molar-refractivity contribution in [2.45, 2.75) is 18.9 Å². The van der Waals surface area contributed by atoms with Crippen LogP contribution in [0.4, 0.5) is 11.4 Å². The first-order valence-electron chi connectivity index (χ1n) is 7.82. The van der Waals surface area contributed by atoms with E-state index < -0.39 is 27.7 Å². The average Bonchev–Trinajstić information content (AvgIpc) is 2.61. The average molecular weight is 372 g/mol. The van der Waals surface area contributed by atoms with E-state index in [9.17, 15) is 29.8 Å². The van der Waals surface area contributed by atoms with Gasteiger partial charge >= 0.3 is 0 Å². The molecule has 27 heavy (non-hydrogen) atoms. The van der Waals surface area contributed by atoms with E-state index in [4.69, 9.17) is 5.73 Å². The Morgan fingerprint density at radius 3 is 2.37 bits per heavy atom.